The number of amides is 4. The van der Waals surface area contributed by atoms with Gasteiger partial charge in [0.2, 0.25) is 11.8 Å². The minimum absolute atomic E-state index is 0.0329. The van der Waals surface area contributed by atoms with Crippen molar-refractivity contribution in [2.75, 3.05) is 11.9 Å². The summed E-state index contributed by atoms with van der Waals surface area (Å²) in [7, 11) is 0. The van der Waals surface area contributed by atoms with Crippen LogP contribution < -0.4 is 21.3 Å². The van der Waals surface area contributed by atoms with Gasteiger partial charge < -0.3 is 35.7 Å². The van der Waals surface area contributed by atoms with Crippen LogP contribution in [0.4, 0.5) is 10.5 Å². The van der Waals surface area contributed by atoms with E-state index in [9.17, 15) is 24.0 Å². The van der Waals surface area contributed by atoms with Crippen molar-refractivity contribution in [3.63, 3.8) is 0 Å². The number of esters is 1. The maximum Gasteiger partial charge on any atom is 0.407 e. The van der Waals surface area contributed by atoms with Crippen LogP contribution >= 0.6 is 0 Å². The van der Waals surface area contributed by atoms with Gasteiger partial charge in [0, 0.05) is 48.2 Å². The standard InChI is InChI=1S/C48H63N7O7/c1-29(2)50-44(58)36-20-23-38(30(3)26-36)33-14-10-31(11-15-33)27-39(52-43(57)35-16-12-32(13-17-35)28-49-46(60)62-48(7,8)9)45(59)51-37-21-18-34(19-22-37)42-53-40(54-55-42)24-25-41(56)61-47(4,5)6/h10-11,14-15,18-23,26,29,32,35,39H,12-13,16-17,24-25,27-28H2,1-9H3,(H,49,60)(H,50,58)(H,51,59)(H,52,57)(H,53,54,55)/t32-,35-,39-/m0/s1. The minimum atomic E-state index is -0.873. The Morgan fingerprint density at radius 3 is 2.05 bits per heavy atom. The van der Waals surface area contributed by atoms with E-state index in [0.29, 0.717) is 48.7 Å². The number of H-pyrrole nitrogens is 1. The quantitative estimate of drug-likeness (QED) is 0.0741. The number of hydrogen-bond donors (Lipinski definition) is 5. The van der Waals surface area contributed by atoms with Crippen molar-refractivity contribution in [2.45, 2.75) is 131 Å². The first kappa shape index (κ1) is 47.0. The third kappa shape index (κ3) is 14.6. The van der Waals surface area contributed by atoms with Crippen molar-refractivity contribution in [3.8, 4) is 22.5 Å². The van der Waals surface area contributed by atoms with Gasteiger partial charge in [0.05, 0.1) is 6.42 Å². The molecule has 5 rings (SSSR count). The van der Waals surface area contributed by atoms with E-state index >= 15 is 0 Å². The van der Waals surface area contributed by atoms with E-state index < -0.39 is 23.3 Å². The Morgan fingerprint density at radius 2 is 1.44 bits per heavy atom. The van der Waals surface area contributed by atoms with Gasteiger partial charge in [0.25, 0.3) is 5.91 Å². The maximum absolute atomic E-state index is 14.0. The molecule has 0 aliphatic heterocycles. The molecule has 4 amide bonds. The van der Waals surface area contributed by atoms with Crippen LogP contribution in [0.25, 0.3) is 22.5 Å². The second-order valence-corrected chi connectivity index (χ2v) is 18.5. The number of hydrogen-bond acceptors (Lipinski definition) is 9. The lowest BCUT2D eigenvalue weighted by Gasteiger charge is -2.29. The van der Waals surface area contributed by atoms with Crippen molar-refractivity contribution < 1.29 is 33.4 Å². The van der Waals surface area contributed by atoms with Crippen LogP contribution in [0.1, 0.15) is 115 Å². The summed E-state index contributed by atoms with van der Waals surface area (Å²) >= 11 is 0. The molecule has 1 aromatic heterocycles. The first-order chi connectivity index (χ1) is 29.2. The first-order valence-corrected chi connectivity index (χ1v) is 21.5. The van der Waals surface area contributed by atoms with Crippen molar-refractivity contribution >= 4 is 35.5 Å². The van der Waals surface area contributed by atoms with Gasteiger partial charge >= 0.3 is 12.1 Å². The van der Waals surface area contributed by atoms with Crippen LogP contribution in [0.5, 0.6) is 0 Å². The number of rotatable bonds is 15. The molecule has 0 radical (unpaired) electrons. The topological polar surface area (TPSA) is 194 Å². The number of carbonyl (C=O) groups excluding carboxylic acids is 5. The molecule has 1 fully saturated rings. The Labute approximate surface area is 365 Å². The van der Waals surface area contributed by atoms with Crippen molar-refractivity contribution in [1.82, 2.24) is 31.1 Å². The Bertz CT molecular complexity index is 2180. The fourth-order valence-electron chi connectivity index (χ4n) is 7.29. The predicted molar refractivity (Wildman–Crippen MR) is 239 cm³/mol. The predicted octanol–water partition coefficient (Wildman–Crippen LogP) is 7.86. The summed E-state index contributed by atoms with van der Waals surface area (Å²) in [6, 6.07) is 19.8. The van der Waals surface area contributed by atoms with Gasteiger partial charge in [-0.05, 0) is 153 Å². The third-order valence-corrected chi connectivity index (χ3v) is 10.3. The lowest BCUT2D eigenvalue weighted by Crippen LogP contribution is -2.48. The molecule has 0 saturated heterocycles. The zero-order chi connectivity index (χ0) is 45.2. The average molecular weight is 850 g/mol. The Morgan fingerprint density at radius 1 is 0.790 bits per heavy atom. The van der Waals surface area contributed by atoms with Gasteiger partial charge in [-0.1, -0.05) is 30.3 Å². The summed E-state index contributed by atoms with van der Waals surface area (Å²) in [5.41, 5.74) is 4.51. The number of aryl methyl sites for hydroxylation is 2. The summed E-state index contributed by atoms with van der Waals surface area (Å²) in [6.07, 6.45) is 3.12. The molecule has 0 unspecified atom stereocenters. The smallest absolute Gasteiger partial charge is 0.407 e. The highest BCUT2D eigenvalue weighted by Crippen LogP contribution is 2.30. The fraction of sp³-hybridized carbons (Fsp3) is 0.479. The molecule has 332 valence electrons. The van der Waals surface area contributed by atoms with E-state index in [2.05, 4.69) is 36.4 Å². The Hall–Kier alpha value is -6.05. The number of anilines is 1. The van der Waals surface area contributed by atoms with Crippen LogP contribution in [0, 0.1) is 18.8 Å². The number of aromatic nitrogens is 3. The van der Waals surface area contributed by atoms with Crippen molar-refractivity contribution in [2.24, 2.45) is 11.8 Å². The molecular formula is C48H63N7O7. The number of benzene rings is 3. The van der Waals surface area contributed by atoms with E-state index in [1.165, 1.54) is 0 Å². The number of nitrogens with zero attached hydrogens (tertiary/aromatic N) is 2. The van der Waals surface area contributed by atoms with E-state index in [-0.39, 0.29) is 54.4 Å². The number of aromatic amines is 1. The number of nitrogens with one attached hydrogen (secondary N) is 5. The molecule has 1 saturated carbocycles. The molecule has 5 N–H and O–H groups in total. The van der Waals surface area contributed by atoms with Crippen LogP contribution in [-0.4, -0.2) is 74.8 Å². The molecule has 1 aliphatic rings. The van der Waals surface area contributed by atoms with E-state index in [1.54, 1.807) is 12.1 Å². The SMILES string of the molecule is Cc1cc(C(=O)NC(C)C)ccc1-c1ccc(C[C@H](NC(=O)[C@H]2CC[C@H](CNC(=O)OC(C)(C)C)CC2)C(=O)Nc2ccc(-c3nnc(CCC(=O)OC(C)(C)C)[nH]3)cc2)cc1. The van der Waals surface area contributed by atoms with Crippen LogP contribution in [0.15, 0.2) is 66.7 Å². The minimum Gasteiger partial charge on any atom is -0.460 e. The second kappa shape index (κ2) is 20.7. The van der Waals surface area contributed by atoms with Crippen LogP contribution in [-0.2, 0) is 36.7 Å². The number of ether oxygens (including phenoxy) is 2. The van der Waals surface area contributed by atoms with Gasteiger partial charge in [0.1, 0.15) is 23.1 Å². The van der Waals surface area contributed by atoms with Crippen LogP contribution in [0.2, 0.25) is 0 Å². The monoisotopic (exact) mass is 849 g/mol. The van der Waals surface area contributed by atoms with E-state index in [1.807, 2.05) is 117 Å². The molecule has 14 nitrogen and oxygen atoms in total. The molecule has 1 heterocycles. The van der Waals surface area contributed by atoms with E-state index in [4.69, 9.17) is 9.47 Å². The lowest BCUT2D eigenvalue weighted by atomic mass is 9.81. The van der Waals surface area contributed by atoms with Gasteiger partial charge in [0.15, 0.2) is 5.82 Å². The normalized spacial score (nSPS) is 15.9. The van der Waals surface area contributed by atoms with E-state index in [0.717, 1.165) is 40.7 Å². The molecule has 1 aliphatic carbocycles. The highest BCUT2D eigenvalue weighted by Gasteiger charge is 2.30. The lowest BCUT2D eigenvalue weighted by molar-refractivity contribution is -0.154. The molecule has 4 aromatic rings. The third-order valence-electron chi connectivity index (χ3n) is 10.3. The molecule has 0 bridgehead atoms. The molecule has 14 heteroatoms. The summed E-state index contributed by atoms with van der Waals surface area (Å²) in [6.45, 7) is 17.2. The first-order valence-electron chi connectivity index (χ1n) is 21.5. The average Bonchev–Trinajstić information content (AvgIpc) is 3.67. The van der Waals surface area contributed by atoms with Gasteiger partial charge in [-0.25, -0.2) is 4.79 Å². The number of alkyl carbamates (subject to hydrolysis) is 1. The van der Waals surface area contributed by atoms with Gasteiger partial charge in [-0.15, -0.1) is 10.2 Å². The summed E-state index contributed by atoms with van der Waals surface area (Å²) in [5, 5.41) is 20.3. The highest BCUT2D eigenvalue weighted by molar-refractivity contribution is 5.98. The summed E-state index contributed by atoms with van der Waals surface area (Å²) in [4.78, 5) is 67.9. The largest absolute Gasteiger partial charge is 0.460 e. The summed E-state index contributed by atoms with van der Waals surface area (Å²) < 4.78 is 10.8. The Kier molecular flexibility index (Phi) is 15.7. The van der Waals surface area contributed by atoms with Crippen molar-refractivity contribution in [1.29, 1.82) is 0 Å². The molecule has 62 heavy (non-hydrogen) atoms. The van der Waals surface area contributed by atoms with Crippen LogP contribution in [0.3, 0.4) is 0 Å². The fourth-order valence-corrected chi connectivity index (χ4v) is 7.29. The molecular weight excluding hydrogens is 787 g/mol. The molecule has 1 atom stereocenters. The highest BCUT2D eigenvalue weighted by atomic mass is 16.6. The molecule has 3 aromatic carbocycles. The van der Waals surface area contributed by atoms with Crippen molar-refractivity contribution in [3.05, 3.63) is 89.2 Å². The van der Waals surface area contributed by atoms with Gasteiger partial charge in [-0.3, -0.25) is 19.2 Å². The molecule has 0 spiro atoms. The zero-order valence-electron chi connectivity index (χ0n) is 37.6. The number of carbonyl (C=O) groups is 5. The van der Waals surface area contributed by atoms with Gasteiger partial charge in [-0.2, -0.15) is 0 Å². The maximum atomic E-state index is 14.0. The zero-order valence-corrected chi connectivity index (χ0v) is 37.6. The Balaban J connectivity index is 1.25. The summed E-state index contributed by atoms with van der Waals surface area (Å²) in [5.74, 6) is 0.0621. The second-order valence-electron chi connectivity index (χ2n) is 18.5.